The fourth-order valence-corrected chi connectivity index (χ4v) is 0.798. The third-order valence-electron chi connectivity index (χ3n) is 1.94. The van der Waals surface area contributed by atoms with Gasteiger partial charge in [-0.1, -0.05) is 0 Å². The summed E-state index contributed by atoms with van der Waals surface area (Å²) in [6.07, 6.45) is 0.246. The van der Waals surface area contributed by atoms with E-state index in [2.05, 4.69) is 4.74 Å². The van der Waals surface area contributed by atoms with Crippen LogP contribution in [0.3, 0.4) is 0 Å². The van der Waals surface area contributed by atoms with Crippen molar-refractivity contribution in [2.45, 2.75) is 13.3 Å². The van der Waals surface area contributed by atoms with E-state index in [1.807, 2.05) is 0 Å². The summed E-state index contributed by atoms with van der Waals surface area (Å²) in [6, 6.07) is 0. The molecule has 3 N–H and O–H groups in total. The van der Waals surface area contributed by atoms with Gasteiger partial charge in [0.15, 0.2) is 0 Å². The van der Waals surface area contributed by atoms with Gasteiger partial charge >= 0.3 is 5.97 Å². The van der Waals surface area contributed by atoms with E-state index in [0.717, 1.165) is 0 Å². The highest BCUT2D eigenvalue weighted by Crippen LogP contribution is 2.19. The van der Waals surface area contributed by atoms with Crippen molar-refractivity contribution in [1.29, 1.82) is 0 Å². The average molecular weight is 192 g/mol. The number of aliphatic hydroxyl groups is 3. The molecule has 0 aliphatic heterocycles. The van der Waals surface area contributed by atoms with Crippen molar-refractivity contribution >= 4 is 5.97 Å². The molecule has 0 spiro atoms. The summed E-state index contributed by atoms with van der Waals surface area (Å²) in [6.45, 7) is 0.374. The van der Waals surface area contributed by atoms with Crippen LogP contribution in [-0.4, -0.2) is 47.7 Å². The molecule has 0 amide bonds. The summed E-state index contributed by atoms with van der Waals surface area (Å²) in [5.74, 6) is -0.414. The highest BCUT2D eigenvalue weighted by molar-refractivity contribution is 5.65. The Balaban J connectivity index is 3.88. The van der Waals surface area contributed by atoms with Gasteiger partial charge < -0.3 is 20.1 Å². The van der Waals surface area contributed by atoms with Gasteiger partial charge in [0.2, 0.25) is 0 Å². The normalized spacial score (nSPS) is 11.4. The number of carbonyl (C=O) groups is 1. The summed E-state index contributed by atoms with van der Waals surface area (Å²) in [5, 5.41) is 26.6. The van der Waals surface area contributed by atoms with Crippen LogP contribution in [0.2, 0.25) is 0 Å². The van der Waals surface area contributed by atoms with E-state index >= 15 is 0 Å². The Morgan fingerprint density at radius 3 is 2.00 bits per heavy atom. The number of esters is 1. The van der Waals surface area contributed by atoms with Crippen LogP contribution in [0.25, 0.3) is 0 Å². The highest BCUT2D eigenvalue weighted by atomic mass is 16.5. The van der Waals surface area contributed by atoms with E-state index in [0.29, 0.717) is 0 Å². The van der Waals surface area contributed by atoms with Crippen molar-refractivity contribution in [3.63, 3.8) is 0 Å². The van der Waals surface area contributed by atoms with Gasteiger partial charge in [0.05, 0.1) is 26.4 Å². The number of carbonyl (C=O) groups excluding carboxylic acids is 1. The first-order valence-electron chi connectivity index (χ1n) is 4.06. The maximum atomic E-state index is 10.4. The summed E-state index contributed by atoms with van der Waals surface area (Å²) in [5.41, 5.74) is -0.949. The number of aliphatic hydroxyl groups excluding tert-OH is 3. The summed E-state index contributed by atoms with van der Waals surface area (Å²) < 4.78 is 4.63. The molecular formula is C8H16O5. The average Bonchev–Trinajstić information content (AvgIpc) is 2.13. The topological polar surface area (TPSA) is 87.0 Å². The Kier molecular flexibility index (Phi) is 5.61. The van der Waals surface area contributed by atoms with Crippen molar-refractivity contribution < 1.29 is 24.9 Å². The number of hydrogen-bond acceptors (Lipinski definition) is 5. The lowest BCUT2D eigenvalue weighted by Gasteiger charge is -2.26. The van der Waals surface area contributed by atoms with Gasteiger partial charge in [0, 0.05) is 12.3 Å². The fraction of sp³-hybridized carbons (Fsp3) is 0.875. The Morgan fingerprint density at radius 2 is 1.69 bits per heavy atom. The molecule has 0 fully saturated rings. The summed E-state index contributed by atoms with van der Waals surface area (Å²) in [7, 11) is 0. The van der Waals surface area contributed by atoms with E-state index in [1.54, 1.807) is 0 Å². The largest absolute Gasteiger partial charge is 0.466 e. The molecule has 0 aromatic carbocycles. The Bertz CT molecular complexity index is 144. The highest BCUT2D eigenvalue weighted by Gasteiger charge is 2.27. The molecule has 0 bridgehead atoms. The standard InChI is InChI=1S/C8H16O5/c1-7(12)13-3-2-8(4-9,5-10)6-11/h9-11H,2-6H2,1H3. The maximum Gasteiger partial charge on any atom is 0.302 e. The second kappa shape index (κ2) is 5.90. The predicted octanol–water partition coefficient (Wildman–Crippen LogP) is -1.10. The zero-order valence-corrected chi connectivity index (χ0v) is 7.69. The van der Waals surface area contributed by atoms with E-state index in [4.69, 9.17) is 15.3 Å². The molecule has 0 aliphatic carbocycles. The van der Waals surface area contributed by atoms with Crippen molar-refractivity contribution in [2.24, 2.45) is 5.41 Å². The van der Waals surface area contributed by atoms with Crippen LogP contribution in [-0.2, 0) is 9.53 Å². The van der Waals surface area contributed by atoms with Crippen LogP contribution in [0.15, 0.2) is 0 Å². The molecule has 13 heavy (non-hydrogen) atoms. The van der Waals surface area contributed by atoms with E-state index < -0.39 is 11.4 Å². The van der Waals surface area contributed by atoms with Crippen LogP contribution in [0.1, 0.15) is 13.3 Å². The molecule has 0 aromatic rings. The second-order valence-corrected chi connectivity index (χ2v) is 3.06. The first-order chi connectivity index (χ1) is 6.10. The van der Waals surface area contributed by atoms with Crippen LogP contribution < -0.4 is 0 Å². The molecule has 0 heterocycles. The quantitative estimate of drug-likeness (QED) is 0.465. The molecule has 0 saturated heterocycles. The third kappa shape index (κ3) is 4.21. The van der Waals surface area contributed by atoms with Crippen LogP contribution in [0.5, 0.6) is 0 Å². The van der Waals surface area contributed by atoms with Crippen LogP contribution >= 0.6 is 0 Å². The van der Waals surface area contributed by atoms with Gasteiger partial charge in [-0.25, -0.2) is 0 Å². The third-order valence-corrected chi connectivity index (χ3v) is 1.94. The Hall–Kier alpha value is -0.650. The molecule has 0 atom stereocenters. The van der Waals surface area contributed by atoms with Gasteiger partial charge in [-0.15, -0.1) is 0 Å². The molecule has 78 valence electrons. The number of rotatable bonds is 6. The lowest BCUT2D eigenvalue weighted by atomic mass is 9.88. The van der Waals surface area contributed by atoms with Gasteiger partial charge in [-0.3, -0.25) is 4.79 Å². The van der Waals surface area contributed by atoms with Gasteiger partial charge in [-0.2, -0.15) is 0 Å². The van der Waals surface area contributed by atoms with Crippen molar-refractivity contribution in [3.05, 3.63) is 0 Å². The lowest BCUT2D eigenvalue weighted by molar-refractivity contribution is -0.142. The van der Waals surface area contributed by atoms with Crippen LogP contribution in [0.4, 0.5) is 0 Å². The lowest BCUT2D eigenvalue weighted by Crippen LogP contribution is -2.35. The smallest absolute Gasteiger partial charge is 0.302 e. The molecule has 5 nitrogen and oxygen atoms in total. The van der Waals surface area contributed by atoms with Crippen LogP contribution in [0, 0.1) is 5.41 Å². The first kappa shape index (κ1) is 12.3. The van der Waals surface area contributed by atoms with Crippen molar-refractivity contribution in [2.75, 3.05) is 26.4 Å². The van der Waals surface area contributed by atoms with E-state index in [-0.39, 0.29) is 32.8 Å². The molecule has 0 saturated carbocycles. The molecular weight excluding hydrogens is 176 g/mol. The van der Waals surface area contributed by atoms with Crippen molar-refractivity contribution in [1.82, 2.24) is 0 Å². The molecule has 0 rings (SSSR count). The Labute approximate surface area is 77.0 Å². The number of hydrogen-bond donors (Lipinski definition) is 3. The minimum atomic E-state index is -0.949. The molecule has 5 heteroatoms. The van der Waals surface area contributed by atoms with E-state index in [1.165, 1.54) is 6.92 Å². The summed E-state index contributed by atoms with van der Waals surface area (Å²) in [4.78, 5) is 10.4. The zero-order chi connectivity index (χ0) is 10.3. The minimum absolute atomic E-state index is 0.0943. The Morgan fingerprint density at radius 1 is 1.23 bits per heavy atom. The van der Waals surface area contributed by atoms with Gasteiger partial charge in [0.25, 0.3) is 0 Å². The number of ether oxygens (including phenoxy) is 1. The first-order valence-corrected chi connectivity index (χ1v) is 4.06. The predicted molar refractivity (Wildman–Crippen MR) is 44.9 cm³/mol. The van der Waals surface area contributed by atoms with Crippen molar-refractivity contribution in [3.8, 4) is 0 Å². The molecule has 0 aromatic heterocycles. The van der Waals surface area contributed by atoms with Gasteiger partial charge in [0.1, 0.15) is 0 Å². The van der Waals surface area contributed by atoms with Gasteiger partial charge in [-0.05, 0) is 6.42 Å². The molecule has 0 radical (unpaired) electrons. The fourth-order valence-electron chi connectivity index (χ4n) is 0.798. The minimum Gasteiger partial charge on any atom is -0.466 e. The monoisotopic (exact) mass is 192 g/mol. The molecule has 0 aliphatic rings. The summed E-state index contributed by atoms with van der Waals surface area (Å²) >= 11 is 0. The molecule has 0 unspecified atom stereocenters. The second-order valence-electron chi connectivity index (χ2n) is 3.06. The zero-order valence-electron chi connectivity index (χ0n) is 7.69. The SMILES string of the molecule is CC(=O)OCCC(CO)(CO)CO. The van der Waals surface area contributed by atoms with E-state index in [9.17, 15) is 4.79 Å². The maximum absolute atomic E-state index is 10.4.